The predicted molar refractivity (Wildman–Crippen MR) is 113 cm³/mol. The Labute approximate surface area is 168 Å². The number of anilines is 2. The summed E-state index contributed by atoms with van der Waals surface area (Å²) >= 11 is 0. The summed E-state index contributed by atoms with van der Waals surface area (Å²) in [4.78, 5) is 21.9. The Morgan fingerprint density at radius 3 is 2.54 bits per heavy atom. The van der Waals surface area contributed by atoms with Crippen LogP contribution in [0.1, 0.15) is 59.1 Å². The fraction of sp³-hybridized carbons (Fsp3) is 0.478. The predicted octanol–water partition coefficient (Wildman–Crippen LogP) is 5.70. The van der Waals surface area contributed by atoms with Gasteiger partial charge in [0.05, 0.1) is 5.69 Å². The van der Waals surface area contributed by atoms with Crippen LogP contribution in [0.25, 0.3) is 0 Å². The SMILES string of the molecule is CC(C)N1CCCC1c1cccnc1N(C(=O)OC(C)(C)C)c1ccccc1. The van der Waals surface area contributed by atoms with Gasteiger partial charge in [0.15, 0.2) is 0 Å². The molecule has 0 spiro atoms. The number of carbonyl (C=O) groups is 1. The number of aromatic nitrogens is 1. The van der Waals surface area contributed by atoms with Crippen molar-refractivity contribution >= 4 is 17.6 Å². The van der Waals surface area contributed by atoms with Crippen LogP contribution in [0, 0.1) is 0 Å². The first-order valence-electron chi connectivity index (χ1n) is 10.1. The Balaban J connectivity index is 2.07. The zero-order valence-electron chi connectivity index (χ0n) is 17.6. The third-order valence-corrected chi connectivity index (χ3v) is 4.94. The summed E-state index contributed by atoms with van der Waals surface area (Å²) in [6.45, 7) is 11.1. The zero-order valence-corrected chi connectivity index (χ0v) is 17.6. The highest BCUT2D eigenvalue weighted by molar-refractivity contribution is 5.96. The summed E-state index contributed by atoms with van der Waals surface area (Å²) in [6.07, 6.45) is 3.55. The number of carbonyl (C=O) groups excluding carboxylic acids is 1. The van der Waals surface area contributed by atoms with Crippen LogP contribution in [0.15, 0.2) is 48.7 Å². The highest BCUT2D eigenvalue weighted by Crippen LogP contribution is 2.39. The molecule has 1 aliphatic heterocycles. The van der Waals surface area contributed by atoms with Crippen LogP contribution in [0.4, 0.5) is 16.3 Å². The molecule has 150 valence electrons. The number of amides is 1. The van der Waals surface area contributed by atoms with E-state index in [9.17, 15) is 4.79 Å². The van der Waals surface area contributed by atoms with Gasteiger partial charge in [0.2, 0.25) is 0 Å². The van der Waals surface area contributed by atoms with E-state index in [1.165, 1.54) is 0 Å². The third kappa shape index (κ3) is 4.53. The Morgan fingerprint density at radius 1 is 1.18 bits per heavy atom. The van der Waals surface area contributed by atoms with Gasteiger partial charge in [-0.2, -0.15) is 0 Å². The first kappa shape index (κ1) is 20.3. The standard InChI is InChI=1S/C23H31N3O2/c1-17(2)25-16-10-14-20(25)19-13-9-15-24-21(19)26(18-11-7-6-8-12-18)22(27)28-23(3,4)5/h6-9,11-13,15,17,20H,10,14,16H2,1-5H3. The molecule has 2 heterocycles. The second-order valence-electron chi connectivity index (χ2n) is 8.56. The lowest BCUT2D eigenvalue weighted by molar-refractivity contribution is 0.0597. The van der Waals surface area contributed by atoms with E-state index in [0.29, 0.717) is 11.9 Å². The van der Waals surface area contributed by atoms with Crippen LogP contribution < -0.4 is 4.90 Å². The first-order valence-corrected chi connectivity index (χ1v) is 10.1. The smallest absolute Gasteiger partial charge is 0.420 e. The zero-order chi connectivity index (χ0) is 20.3. The van der Waals surface area contributed by atoms with Gasteiger partial charge >= 0.3 is 6.09 Å². The summed E-state index contributed by atoms with van der Waals surface area (Å²) in [7, 11) is 0. The lowest BCUT2D eigenvalue weighted by Gasteiger charge is -2.32. The molecule has 0 aliphatic carbocycles. The molecule has 1 atom stereocenters. The van der Waals surface area contributed by atoms with Crippen molar-refractivity contribution in [2.75, 3.05) is 11.4 Å². The monoisotopic (exact) mass is 381 g/mol. The van der Waals surface area contributed by atoms with E-state index in [-0.39, 0.29) is 6.04 Å². The molecule has 2 aromatic rings. The van der Waals surface area contributed by atoms with Gasteiger partial charge in [-0.05, 0) is 72.2 Å². The minimum absolute atomic E-state index is 0.248. The maximum atomic E-state index is 13.2. The number of nitrogens with zero attached hydrogens (tertiary/aromatic N) is 3. The molecule has 1 aliphatic rings. The van der Waals surface area contributed by atoms with Crippen molar-refractivity contribution in [1.29, 1.82) is 0 Å². The number of rotatable bonds is 4. The highest BCUT2D eigenvalue weighted by Gasteiger charge is 2.34. The fourth-order valence-corrected chi connectivity index (χ4v) is 3.80. The molecule has 0 N–H and O–H groups in total. The molecule has 1 saturated heterocycles. The van der Waals surface area contributed by atoms with E-state index in [1.807, 2.05) is 57.2 Å². The molecule has 1 aromatic carbocycles. The quantitative estimate of drug-likeness (QED) is 0.681. The van der Waals surface area contributed by atoms with Crippen LogP contribution in [0.5, 0.6) is 0 Å². The topological polar surface area (TPSA) is 45.7 Å². The summed E-state index contributed by atoms with van der Waals surface area (Å²) in [5, 5.41) is 0. The van der Waals surface area contributed by atoms with E-state index >= 15 is 0 Å². The minimum Gasteiger partial charge on any atom is -0.443 e. The molecule has 1 amide bonds. The number of pyridine rings is 1. The molecule has 1 aromatic heterocycles. The molecular weight excluding hydrogens is 350 g/mol. The summed E-state index contributed by atoms with van der Waals surface area (Å²) in [5.74, 6) is 0.653. The van der Waals surface area contributed by atoms with Crippen molar-refractivity contribution in [2.24, 2.45) is 0 Å². The average Bonchev–Trinajstić information content (AvgIpc) is 3.12. The third-order valence-electron chi connectivity index (χ3n) is 4.94. The summed E-state index contributed by atoms with van der Waals surface area (Å²) in [5.41, 5.74) is 1.24. The van der Waals surface area contributed by atoms with Crippen molar-refractivity contribution in [3.63, 3.8) is 0 Å². The van der Waals surface area contributed by atoms with Crippen molar-refractivity contribution in [3.8, 4) is 0 Å². The highest BCUT2D eigenvalue weighted by atomic mass is 16.6. The lowest BCUT2D eigenvalue weighted by atomic mass is 10.0. The van der Waals surface area contributed by atoms with E-state index in [2.05, 4.69) is 29.8 Å². The minimum atomic E-state index is -0.587. The van der Waals surface area contributed by atoms with Crippen LogP contribution >= 0.6 is 0 Å². The molecule has 5 nitrogen and oxygen atoms in total. The van der Waals surface area contributed by atoms with Gasteiger partial charge in [0, 0.05) is 23.8 Å². The number of para-hydroxylation sites is 1. The van der Waals surface area contributed by atoms with Gasteiger partial charge in [0.1, 0.15) is 11.4 Å². The van der Waals surface area contributed by atoms with Crippen molar-refractivity contribution < 1.29 is 9.53 Å². The van der Waals surface area contributed by atoms with Crippen LogP contribution in [-0.4, -0.2) is 34.2 Å². The van der Waals surface area contributed by atoms with E-state index < -0.39 is 11.7 Å². The van der Waals surface area contributed by atoms with Crippen molar-refractivity contribution in [2.45, 2.75) is 65.1 Å². The Morgan fingerprint density at radius 2 is 1.89 bits per heavy atom. The molecule has 0 saturated carbocycles. The molecular formula is C23H31N3O2. The van der Waals surface area contributed by atoms with Gasteiger partial charge < -0.3 is 4.74 Å². The molecule has 1 fully saturated rings. The molecule has 3 rings (SSSR count). The van der Waals surface area contributed by atoms with Crippen molar-refractivity contribution in [1.82, 2.24) is 9.88 Å². The number of benzene rings is 1. The lowest BCUT2D eigenvalue weighted by Crippen LogP contribution is -2.36. The van der Waals surface area contributed by atoms with Gasteiger partial charge in [-0.1, -0.05) is 24.3 Å². The Kier molecular flexibility index (Phi) is 6.04. The van der Waals surface area contributed by atoms with Crippen LogP contribution in [0.3, 0.4) is 0 Å². The van der Waals surface area contributed by atoms with Gasteiger partial charge in [-0.3, -0.25) is 4.90 Å². The van der Waals surface area contributed by atoms with Gasteiger partial charge in [-0.15, -0.1) is 0 Å². The number of hydrogen-bond acceptors (Lipinski definition) is 4. The van der Waals surface area contributed by atoms with E-state index in [1.54, 1.807) is 11.1 Å². The Bertz CT molecular complexity index is 799. The summed E-state index contributed by atoms with van der Waals surface area (Å²) < 4.78 is 5.73. The van der Waals surface area contributed by atoms with E-state index in [4.69, 9.17) is 4.74 Å². The van der Waals surface area contributed by atoms with Crippen LogP contribution in [0.2, 0.25) is 0 Å². The number of likely N-dealkylation sites (tertiary alicyclic amines) is 1. The number of hydrogen-bond donors (Lipinski definition) is 0. The summed E-state index contributed by atoms with van der Waals surface area (Å²) in [6, 6.07) is 14.3. The van der Waals surface area contributed by atoms with Crippen LogP contribution in [-0.2, 0) is 4.74 Å². The van der Waals surface area contributed by atoms with E-state index in [0.717, 1.165) is 30.6 Å². The van der Waals surface area contributed by atoms with Gasteiger partial charge in [0.25, 0.3) is 0 Å². The maximum Gasteiger partial charge on any atom is 0.420 e. The largest absolute Gasteiger partial charge is 0.443 e. The van der Waals surface area contributed by atoms with Gasteiger partial charge in [-0.25, -0.2) is 14.7 Å². The molecule has 1 unspecified atom stereocenters. The Hall–Kier alpha value is -2.40. The molecule has 0 bridgehead atoms. The van der Waals surface area contributed by atoms with Crippen molar-refractivity contribution in [3.05, 3.63) is 54.2 Å². The average molecular weight is 382 g/mol. The molecule has 5 heteroatoms. The number of ether oxygens (including phenoxy) is 1. The second kappa shape index (κ2) is 8.31. The molecule has 0 radical (unpaired) electrons. The molecule has 28 heavy (non-hydrogen) atoms. The maximum absolute atomic E-state index is 13.2. The fourth-order valence-electron chi connectivity index (χ4n) is 3.80. The second-order valence-corrected chi connectivity index (χ2v) is 8.56. The normalized spacial score (nSPS) is 17.7. The first-order chi connectivity index (χ1) is 13.3.